The number of alkyl halides is 3. The first-order valence-electron chi connectivity index (χ1n) is 7.32. The van der Waals surface area contributed by atoms with Crippen LogP contribution in [0, 0.1) is 5.82 Å². The molecule has 2 saturated heterocycles. The van der Waals surface area contributed by atoms with Crippen LogP contribution in [0.2, 0.25) is 0 Å². The van der Waals surface area contributed by atoms with E-state index in [-0.39, 0.29) is 0 Å². The van der Waals surface area contributed by atoms with E-state index < -0.39 is 29.3 Å². The Morgan fingerprint density at radius 2 is 2.13 bits per heavy atom. The summed E-state index contributed by atoms with van der Waals surface area (Å²) in [5.74, 6) is -1.27. The van der Waals surface area contributed by atoms with Gasteiger partial charge in [0.1, 0.15) is 11.4 Å². The van der Waals surface area contributed by atoms with Crippen LogP contribution in [0.1, 0.15) is 24.0 Å². The molecule has 1 aromatic carbocycles. The Labute approximate surface area is 130 Å². The van der Waals surface area contributed by atoms with Crippen LogP contribution >= 0.6 is 0 Å². The van der Waals surface area contributed by atoms with Crippen LogP contribution in [0.15, 0.2) is 18.2 Å². The molecule has 0 unspecified atom stereocenters. The predicted octanol–water partition coefficient (Wildman–Crippen LogP) is 2.92. The lowest BCUT2D eigenvalue weighted by atomic mass is 9.92. The van der Waals surface area contributed by atoms with Crippen molar-refractivity contribution in [2.24, 2.45) is 0 Å². The number of carbonyl (C=O) groups excluding carboxylic acids is 1. The largest absolute Gasteiger partial charge is 0.440 e. The molecule has 0 saturated carbocycles. The van der Waals surface area contributed by atoms with Crippen LogP contribution in [0.4, 0.5) is 22.4 Å². The second-order valence-corrected chi connectivity index (χ2v) is 6.05. The highest BCUT2D eigenvalue weighted by Crippen LogP contribution is 2.32. The molecule has 2 aliphatic rings. The average molecular weight is 332 g/mol. The molecule has 3 rings (SSSR count). The molecule has 1 aromatic rings. The summed E-state index contributed by atoms with van der Waals surface area (Å²) in [6.45, 7) is 1.94. The number of rotatable bonds is 2. The van der Waals surface area contributed by atoms with Crippen molar-refractivity contribution in [1.82, 2.24) is 10.2 Å². The van der Waals surface area contributed by atoms with Gasteiger partial charge >= 0.3 is 12.3 Å². The molecule has 1 amide bonds. The number of carbonyl (C=O) groups is 1. The summed E-state index contributed by atoms with van der Waals surface area (Å²) < 4.78 is 56.7. The van der Waals surface area contributed by atoms with Gasteiger partial charge in [-0.3, -0.25) is 4.90 Å². The standard InChI is InChI=1S/C15H16F4N2O2/c16-12-6-10(2-3-11(12)15(17,18)19)7-21-5-1-4-14(9-21)8-20-13(22)23-14/h2-3,6H,1,4-5,7-9H2,(H,20,22)/t14-/m0/s1. The van der Waals surface area contributed by atoms with E-state index in [1.54, 1.807) is 0 Å². The molecule has 2 heterocycles. The van der Waals surface area contributed by atoms with Crippen LogP contribution in [-0.2, 0) is 17.5 Å². The first-order valence-corrected chi connectivity index (χ1v) is 7.32. The Morgan fingerprint density at radius 1 is 1.35 bits per heavy atom. The summed E-state index contributed by atoms with van der Waals surface area (Å²) in [7, 11) is 0. The number of benzene rings is 1. The maximum absolute atomic E-state index is 13.6. The van der Waals surface area contributed by atoms with E-state index in [9.17, 15) is 22.4 Å². The van der Waals surface area contributed by atoms with Gasteiger partial charge in [0, 0.05) is 13.1 Å². The SMILES string of the molecule is O=C1NC[C@]2(CCCN(Cc3ccc(C(F)(F)F)c(F)c3)C2)O1. The quantitative estimate of drug-likeness (QED) is 0.847. The van der Waals surface area contributed by atoms with Crippen molar-refractivity contribution >= 4 is 6.09 Å². The third-order valence-corrected chi connectivity index (χ3v) is 4.23. The fourth-order valence-electron chi connectivity index (χ4n) is 3.20. The lowest BCUT2D eigenvalue weighted by molar-refractivity contribution is -0.140. The Balaban J connectivity index is 1.70. The van der Waals surface area contributed by atoms with Crippen molar-refractivity contribution in [3.63, 3.8) is 0 Å². The van der Waals surface area contributed by atoms with E-state index in [4.69, 9.17) is 4.74 Å². The van der Waals surface area contributed by atoms with Crippen molar-refractivity contribution < 1.29 is 27.1 Å². The predicted molar refractivity (Wildman–Crippen MR) is 73.1 cm³/mol. The van der Waals surface area contributed by atoms with Crippen molar-refractivity contribution in [3.05, 3.63) is 35.1 Å². The normalized spacial score (nSPS) is 25.5. The zero-order chi connectivity index (χ0) is 16.7. The zero-order valence-electron chi connectivity index (χ0n) is 12.3. The molecule has 1 spiro atoms. The van der Waals surface area contributed by atoms with E-state index in [2.05, 4.69) is 5.32 Å². The number of halogens is 4. The highest BCUT2D eigenvalue weighted by Gasteiger charge is 2.43. The second-order valence-electron chi connectivity index (χ2n) is 6.05. The van der Waals surface area contributed by atoms with Gasteiger partial charge in [0.15, 0.2) is 0 Å². The first kappa shape index (κ1) is 16.0. The minimum atomic E-state index is -4.69. The highest BCUT2D eigenvalue weighted by atomic mass is 19.4. The molecule has 23 heavy (non-hydrogen) atoms. The van der Waals surface area contributed by atoms with Gasteiger partial charge in [-0.1, -0.05) is 6.07 Å². The van der Waals surface area contributed by atoms with E-state index in [1.807, 2.05) is 4.90 Å². The average Bonchev–Trinajstić information content (AvgIpc) is 2.78. The number of nitrogens with one attached hydrogen (secondary N) is 1. The summed E-state index contributed by atoms with van der Waals surface area (Å²) in [4.78, 5) is 13.2. The molecule has 4 nitrogen and oxygen atoms in total. The number of amides is 1. The van der Waals surface area contributed by atoms with E-state index in [0.29, 0.717) is 25.2 Å². The fourth-order valence-corrected chi connectivity index (χ4v) is 3.20. The molecule has 2 aliphatic heterocycles. The smallest absolute Gasteiger partial charge is 0.419 e. The van der Waals surface area contributed by atoms with Gasteiger partial charge < -0.3 is 10.1 Å². The number of hydrogen-bond donors (Lipinski definition) is 1. The third kappa shape index (κ3) is 3.41. The molecule has 8 heteroatoms. The lowest BCUT2D eigenvalue weighted by Gasteiger charge is -2.38. The number of ether oxygens (including phenoxy) is 1. The molecule has 1 atom stereocenters. The highest BCUT2D eigenvalue weighted by molar-refractivity contribution is 5.70. The van der Waals surface area contributed by atoms with Crippen LogP contribution in [0.5, 0.6) is 0 Å². The second kappa shape index (κ2) is 5.67. The van der Waals surface area contributed by atoms with Crippen LogP contribution < -0.4 is 5.32 Å². The molecule has 126 valence electrons. The number of hydrogen-bond acceptors (Lipinski definition) is 3. The van der Waals surface area contributed by atoms with Gasteiger partial charge in [0.05, 0.1) is 12.1 Å². The molecule has 2 fully saturated rings. The Kier molecular flexibility index (Phi) is 3.95. The van der Waals surface area contributed by atoms with Crippen LogP contribution in [0.25, 0.3) is 0 Å². The van der Waals surface area contributed by atoms with E-state index >= 15 is 0 Å². The lowest BCUT2D eigenvalue weighted by Crippen LogP contribution is -2.50. The van der Waals surface area contributed by atoms with Gasteiger partial charge in [-0.2, -0.15) is 13.2 Å². The monoisotopic (exact) mass is 332 g/mol. The summed E-state index contributed by atoms with van der Waals surface area (Å²) >= 11 is 0. The summed E-state index contributed by atoms with van der Waals surface area (Å²) in [5, 5.41) is 2.62. The Morgan fingerprint density at radius 3 is 2.74 bits per heavy atom. The molecular formula is C15H16F4N2O2. The summed E-state index contributed by atoms with van der Waals surface area (Å²) in [6.07, 6.45) is -3.60. The van der Waals surface area contributed by atoms with Gasteiger partial charge in [-0.15, -0.1) is 0 Å². The molecule has 0 radical (unpaired) electrons. The zero-order valence-corrected chi connectivity index (χ0v) is 12.3. The number of nitrogens with zero attached hydrogens (tertiary/aromatic N) is 1. The van der Waals surface area contributed by atoms with Gasteiger partial charge in [-0.05, 0) is 37.1 Å². The minimum Gasteiger partial charge on any atom is -0.440 e. The Bertz CT molecular complexity index is 620. The number of likely N-dealkylation sites (tertiary alicyclic amines) is 1. The fraction of sp³-hybridized carbons (Fsp3) is 0.533. The maximum Gasteiger partial charge on any atom is 0.419 e. The number of piperidine rings is 1. The Hall–Kier alpha value is -1.83. The molecule has 1 N–H and O–H groups in total. The molecule has 0 aromatic heterocycles. The first-order chi connectivity index (χ1) is 10.8. The molecule has 0 bridgehead atoms. The van der Waals surface area contributed by atoms with Crippen LogP contribution in [0.3, 0.4) is 0 Å². The van der Waals surface area contributed by atoms with Gasteiger partial charge in [0.2, 0.25) is 0 Å². The topological polar surface area (TPSA) is 41.6 Å². The molecule has 0 aliphatic carbocycles. The van der Waals surface area contributed by atoms with Crippen molar-refractivity contribution in [2.45, 2.75) is 31.2 Å². The summed E-state index contributed by atoms with van der Waals surface area (Å²) in [5.41, 5.74) is -1.38. The van der Waals surface area contributed by atoms with E-state index in [0.717, 1.165) is 31.5 Å². The summed E-state index contributed by atoms with van der Waals surface area (Å²) in [6, 6.07) is 2.97. The van der Waals surface area contributed by atoms with Gasteiger partial charge in [-0.25, -0.2) is 9.18 Å². The van der Waals surface area contributed by atoms with Crippen molar-refractivity contribution in [1.29, 1.82) is 0 Å². The van der Waals surface area contributed by atoms with Crippen LogP contribution in [-0.4, -0.2) is 36.2 Å². The van der Waals surface area contributed by atoms with Crippen molar-refractivity contribution in [3.8, 4) is 0 Å². The van der Waals surface area contributed by atoms with E-state index in [1.165, 1.54) is 6.07 Å². The molecular weight excluding hydrogens is 316 g/mol. The van der Waals surface area contributed by atoms with Gasteiger partial charge in [0.25, 0.3) is 0 Å². The minimum absolute atomic E-state index is 0.314. The van der Waals surface area contributed by atoms with Crippen molar-refractivity contribution in [2.75, 3.05) is 19.6 Å². The maximum atomic E-state index is 13.6. The number of alkyl carbamates (subject to hydrolysis) is 1. The third-order valence-electron chi connectivity index (χ3n) is 4.23.